The minimum Gasteiger partial charge on any atom is -0.494 e. The highest BCUT2D eigenvalue weighted by Gasteiger charge is 2.11. The average molecular weight is 350 g/mol. The van der Waals surface area contributed by atoms with Gasteiger partial charge in [-0.3, -0.25) is 0 Å². The molecule has 0 heterocycles. The molecule has 1 unspecified atom stereocenters. The molecule has 2 aromatic rings. The van der Waals surface area contributed by atoms with Crippen LogP contribution in [-0.2, 0) is 0 Å². The summed E-state index contributed by atoms with van der Waals surface area (Å²) in [5.74, 6) is 0.803. The lowest BCUT2D eigenvalue weighted by atomic mass is 10.1. The third kappa shape index (κ3) is 5.95. The number of carbonyl (C=O) groups excluding carboxylic acids is 1. The summed E-state index contributed by atoms with van der Waals surface area (Å²) >= 11 is 0. The van der Waals surface area contributed by atoms with Gasteiger partial charge in [-0.05, 0) is 55.8 Å². The fourth-order valence-electron chi connectivity index (χ4n) is 2.19. The minimum atomic E-state index is -2.86. The lowest BCUT2D eigenvalue weighted by Gasteiger charge is -2.16. The van der Waals surface area contributed by atoms with E-state index in [4.69, 9.17) is 4.74 Å². The number of halogens is 2. The van der Waals surface area contributed by atoms with Gasteiger partial charge in [0.2, 0.25) is 0 Å². The van der Waals surface area contributed by atoms with Gasteiger partial charge in [-0.2, -0.15) is 8.78 Å². The van der Waals surface area contributed by atoms with Crippen LogP contribution in [0.5, 0.6) is 11.5 Å². The van der Waals surface area contributed by atoms with Gasteiger partial charge in [-0.25, -0.2) is 4.79 Å². The number of nitrogens with one attached hydrogen (secondary N) is 2. The molecular formula is C18H20F2N2O3. The van der Waals surface area contributed by atoms with Gasteiger partial charge >= 0.3 is 12.6 Å². The van der Waals surface area contributed by atoms with E-state index in [9.17, 15) is 13.6 Å². The highest BCUT2D eigenvalue weighted by molar-refractivity contribution is 5.89. The van der Waals surface area contributed by atoms with Crippen molar-refractivity contribution in [3.05, 3.63) is 54.1 Å². The molecule has 0 aliphatic rings. The van der Waals surface area contributed by atoms with Crippen LogP contribution < -0.4 is 20.1 Å². The number of ether oxygens (including phenoxy) is 2. The largest absolute Gasteiger partial charge is 0.494 e. The molecule has 0 aliphatic carbocycles. The van der Waals surface area contributed by atoms with E-state index in [1.165, 1.54) is 12.1 Å². The first kappa shape index (κ1) is 18.5. The molecule has 5 nitrogen and oxygen atoms in total. The van der Waals surface area contributed by atoms with E-state index < -0.39 is 6.61 Å². The topological polar surface area (TPSA) is 59.6 Å². The maximum absolute atomic E-state index is 12.1. The SMILES string of the molecule is CCOc1ccc(NC(=O)NC(C)c2ccc(OC(F)F)cc2)cc1. The van der Waals surface area contributed by atoms with E-state index >= 15 is 0 Å². The third-order valence-corrected chi connectivity index (χ3v) is 3.38. The lowest BCUT2D eigenvalue weighted by Crippen LogP contribution is -2.31. The van der Waals surface area contributed by atoms with Crippen molar-refractivity contribution in [3.63, 3.8) is 0 Å². The summed E-state index contributed by atoms with van der Waals surface area (Å²) in [5.41, 5.74) is 1.40. The first-order valence-corrected chi connectivity index (χ1v) is 7.83. The van der Waals surface area contributed by atoms with E-state index in [0.29, 0.717) is 12.3 Å². The molecule has 25 heavy (non-hydrogen) atoms. The van der Waals surface area contributed by atoms with Crippen molar-refractivity contribution in [2.75, 3.05) is 11.9 Å². The predicted molar refractivity (Wildman–Crippen MR) is 91.3 cm³/mol. The zero-order chi connectivity index (χ0) is 18.2. The molecule has 2 aromatic carbocycles. The number of urea groups is 1. The van der Waals surface area contributed by atoms with Crippen LogP contribution in [0.1, 0.15) is 25.5 Å². The zero-order valence-electron chi connectivity index (χ0n) is 14.0. The number of benzene rings is 2. The Kier molecular flexibility index (Phi) is 6.56. The molecule has 0 aliphatic heterocycles. The number of amides is 2. The molecule has 0 saturated carbocycles. The fourth-order valence-corrected chi connectivity index (χ4v) is 2.19. The summed E-state index contributed by atoms with van der Waals surface area (Å²) in [6.45, 7) is 1.40. The summed E-state index contributed by atoms with van der Waals surface area (Å²) < 4.78 is 33.9. The average Bonchev–Trinajstić information content (AvgIpc) is 2.57. The van der Waals surface area contributed by atoms with Crippen LogP contribution >= 0.6 is 0 Å². The molecule has 7 heteroatoms. The Morgan fingerprint density at radius 2 is 1.64 bits per heavy atom. The Bertz CT molecular complexity index is 676. The summed E-state index contributed by atoms with van der Waals surface area (Å²) in [6, 6.07) is 12.5. The van der Waals surface area contributed by atoms with Gasteiger partial charge in [0.15, 0.2) is 0 Å². The van der Waals surface area contributed by atoms with Crippen molar-refractivity contribution in [1.82, 2.24) is 5.32 Å². The van der Waals surface area contributed by atoms with E-state index in [1.807, 2.05) is 6.92 Å². The number of hydrogen-bond donors (Lipinski definition) is 2. The molecule has 1 atom stereocenters. The fraction of sp³-hybridized carbons (Fsp3) is 0.278. The number of hydrogen-bond acceptors (Lipinski definition) is 3. The highest BCUT2D eigenvalue weighted by Crippen LogP contribution is 2.20. The van der Waals surface area contributed by atoms with Crippen molar-refractivity contribution < 1.29 is 23.0 Å². The van der Waals surface area contributed by atoms with Crippen LogP contribution in [0.4, 0.5) is 19.3 Å². The molecule has 2 N–H and O–H groups in total. The van der Waals surface area contributed by atoms with Crippen molar-refractivity contribution in [2.45, 2.75) is 26.5 Å². The van der Waals surface area contributed by atoms with Crippen LogP contribution in [0, 0.1) is 0 Å². The number of carbonyl (C=O) groups is 1. The Labute approximate surface area is 144 Å². The second kappa shape index (κ2) is 8.86. The van der Waals surface area contributed by atoms with Crippen molar-refractivity contribution in [3.8, 4) is 11.5 Å². The van der Waals surface area contributed by atoms with E-state index in [-0.39, 0.29) is 17.8 Å². The Hall–Kier alpha value is -2.83. The van der Waals surface area contributed by atoms with Gasteiger partial charge in [0.05, 0.1) is 12.6 Å². The van der Waals surface area contributed by atoms with E-state index in [0.717, 1.165) is 11.3 Å². The zero-order valence-corrected chi connectivity index (χ0v) is 14.0. The predicted octanol–water partition coefficient (Wildman–Crippen LogP) is 4.57. The summed E-state index contributed by atoms with van der Waals surface area (Å²) in [4.78, 5) is 12.0. The van der Waals surface area contributed by atoms with Crippen LogP contribution in [0.3, 0.4) is 0 Å². The lowest BCUT2D eigenvalue weighted by molar-refractivity contribution is -0.0498. The van der Waals surface area contributed by atoms with E-state index in [1.54, 1.807) is 43.3 Å². The molecule has 0 aromatic heterocycles. The first-order valence-electron chi connectivity index (χ1n) is 7.83. The van der Waals surface area contributed by atoms with Crippen LogP contribution in [0.25, 0.3) is 0 Å². The van der Waals surface area contributed by atoms with E-state index in [2.05, 4.69) is 15.4 Å². The molecule has 2 amide bonds. The van der Waals surface area contributed by atoms with Gasteiger partial charge in [0.1, 0.15) is 11.5 Å². The molecule has 0 radical (unpaired) electrons. The monoisotopic (exact) mass is 350 g/mol. The van der Waals surface area contributed by atoms with Crippen molar-refractivity contribution in [2.24, 2.45) is 0 Å². The smallest absolute Gasteiger partial charge is 0.387 e. The molecule has 0 fully saturated rings. The van der Waals surface area contributed by atoms with Crippen LogP contribution in [0.2, 0.25) is 0 Å². The normalized spacial score (nSPS) is 11.7. The standard InChI is InChI=1S/C18H20F2N2O3/c1-3-24-15-10-6-14(7-11-15)22-18(23)21-12(2)13-4-8-16(9-5-13)25-17(19)20/h4-12,17H,3H2,1-2H3,(H2,21,22,23). The maximum atomic E-state index is 12.1. The second-order valence-corrected chi connectivity index (χ2v) is 5.23. The van der Waals surface area contributed by atoms with Gasteiger partial charge in [-0.1, -0.05) is 12.1 Å². The summed E-state index contributed by atoms with van der Waals surface area (Å²) in [5, 5.41) is 5.49. The Morgan fingerprint density at radius 1 is 1.04 bits per heavy atom. The third-order valence-electron chi connectivity index (χ3n) is 3.38. The van der Waals surface area contributed by atoms with Gasteiger partial charge in [0, 0.05) is 5.69 Å². The Balaban J connectivity index is 1.88. The maximum Gasteiger partial charge on any atom is 0.387 e. The van der Waals surface area contributed by atoms with Crippen molar-refractivity contribution in [1.29, 1.82) is 0 Å². The van der Waals surface area contributed by atoms with Gasteiger partial charge in [0.25, 0.3) is 0 Å². The molecule has 134 valence electrons. The van der Waals surface area contributed by atoms with Crippen LogP contribution in [-0.4, -0.2) is 19.2 Å². The van der Waals surface area contributed by atoms with Gasteiger partial charge in [-0.15, -0.1) is 0 Å². The molecule has 2 rings (SSSR count). The second-order valence-electron chi connectivity index (χ2n) is 5.23. The quantitative estimate of drug-likeness (QED) is 0.769. The first-order chi connectivity index (χ1) is 12.0. The van der Waals surface area contributed by atoms with Crippen molar-refractivity contribution >= 4 is 11.7 Å². The Morgan fingerprint density at radius 3 is 2.20 bits per heavy atom. The van der Waals surface area contributed by atoms with Gasteiger partial charge < -0.3 is 20.1 Å². The molecule has 0 saturated heterocycles. The summed E-state index contributed by atoms with van der Waals surface area (Å²) in [6.07, 6.45) is 0. The number of anilines is 1. The molecule has 0 bridgehead atoms. The van der Waals surface area contributed by atoms with Crippen LogP contribution in [0.15, 0.2) is 48.5 Å². The highest BCUT2D eigenvalue weighted by atomic mass is 19.3. The summed E-state index contributed by atoms with van der Waals surface area (Å²) in [7, 11) is 0. The minimum absolute atomic E-state index is 0.0739. The number of alkyl halides is 2. The molecule has 0 spiro atoms. The number of rotatable bonds is 7. The molecular weight excluding hydrogens is 330 g/mol.